The van der Waals surface area contributed by atoms with E-state index < -0.39 is 29.7 Å². The van der Waals surface area contributed by atoms with E-state index in [4.69, 9.17) is 25.8 Å². The molecule has 1 unspecified atom stereocenters. The average molecular weight is 692 g/mol. The summed E-state index contributed by atoms with van der Waals surface area (Å²) in [7, 11) is 1.52. The largest absolute Gasteiger partial charge is 0.484 e. The van der Waals surface area contributed by atoms with Crippen LogP contribution < -0.4 is 20.1 Å². The first-order valence-corrected chi connectivity index (χ1v) is 15.4. The number of nitrogens with zero attached hydrogens (tertiary/aromatic N) is 5. The summed E-state index contributed by atoms with van der Waals surface area (Å²) in [5.74, 6) is -1.58. The van der Waals surface area contributed by atoms with Gasteiger partial charge in [0.1, 0.15) is 23.5 Å². The van der Waals surface area contributed by atoms with Crippen molar-refractivity contribution in [1.82, 2.24) is 24.9 Å². The van der Waals surface area contributed by atoms with E-state index in [1.165, 1.54) is 55.2 Å². The van der Waals surface area contributed by atoms with Gasteiger partial charge in [-0.05, 0) is 49.7 Å². The third-order valence-electron chi connectivity index (χ3n) is 6.73. The molecule has 16 heteroatoms. The van der Waals surface area contributed by atoms with E-state index in [-0.39, 0.29) is 34.6 Å². The van der Waals surface area contributed by atoms with Gasteiger partial charge in [0.05, 0.1) is 57.7 Å². The third kappa shape index (κ3) is 7.21. The number of aryl methyl sites for hydroxylation is 1. The van der Waals surface area contributed by atoms with Crippen molar-refractivity contribution in [2.75, 3.05) is 24.4 Å². The molecule has 3 heterocycles. The van der Waals surface area contributed by atoms with Crippen LogP contribution in [0.2, 0.25) is 5.02 Å². The Balaban J connectivity index is 1.06. The predicted octanol–water partition coefficient (Wildman–Crippen LogP) is 7.21. The number of thiazole rings is 1. The summed E-state index contributed by atoms with van der Waals surface area (Å²) in [4.78, 5) is 46.2. The van der Waals surface area contributed by atoms with Crippen LogP contribution in [0.25, 0.3) is 31.8 Å². The van der Waals surface area contributed by atoms with Gasteiger partial charge in [0.15, 0.2) is 11.6 Å². The Morgan fingerprint density at radius 1 is 0.958 bits per heavy atom. The fraction of sp³-hybridized carbons (Fsp3) is 0.156. The molecule has 2 N–H and O–H groups in total. The highest BCUT2D eigenvalue weighted by atomic mass is 35.5. The van der Waals surface area contributed by atoms with Crippen molar-refractivity contribution in [3.63, 3.8) is 0 Å². The van der Waals surface area contributed by atoms with Crippen LogP contribution in [-0.4, -0.2) is 56.7 Å². The number of benzene rings is 3. The van der Waals surface area contributed by atoms with E-state index in [2.05, 4.69) is 35.6 Å². The highest BCUT2D eigenvalue weighted by Crippen LogP contribution is 2.37. The maximum Gasteiger partial charge on any atom is 0.411 e. The zero-order chi connectivity index (χ0) is 33.9. The third-order valence-corrected chi connectivity index (χ3v) is 8.07. The highest BCUT2D eigenvalue weighted by molar-refractivity contribution is 7.21. The molecule has 0 aliphatic rings. The first-order valence-electron chi connectivity index (χ1n) is 14.2. The Labute approximate surface area is 280 Å². The molecule has 0 aliphatic carbocycles. The topological polar surface area (TPSA) is 150 Å². The smallest absolute Gasteiger partial charge is 0.411 e. The van der Waals surface area contributed by atoms with Crippen molar-refractivity contribution in [2.45, 2.75) is 20.0 Å². The molecule has 0 aliphatic heterocycles. The second-order valence-corrected chi connectivity index (χ2v) is 11.8. The van der Waals surface area contributed by atoms with Gasteiger partial charge in [-0.15, -0.1) is 11.3 Å². The number of amides is 2. The number of nitrogens with one attached hydrogen (secondary N) is 2. The number of halogens is 3. The van der Waals surface area contributed by atoms with E-state index in [0.29, 0.717) is 32.1 Å². The van der Waals surface area contributed by atoms with Crippen molar-refractivity contribution >= 4 is 67.8 Å². The number of methoxy groups -OCH3 is 1. The van der Waals surface area contributed by atoms with Gasteiger partial charge in [0.2, 0.25) is 11.8 Å². The molecule has 2 amide bonds. The molecule has 12 nitrogen and oxygen atoms in total. The minimum Gasteiger partial charge on any atom is -0.484 e. The zero-order valence-electron chi connectivity index (χ0n) is 25.4. The van der Waals surface area contributed by atoms with Crippen molar-refractivity contribution in [3.05, 3.63) is 88.8 Å². The summed E-state index contributed by atoms with van der Waals surface area (Å²) >= 11 is 7.07. The van der Waals surface area contributed by atoms with Crippen LogP contribution in [0.4, 0.5) is 25.2 Å². The van der Waals surface area contributed by atoms with Crippen LogP contribution in [0.3, 0.4) is 0 Å². The summed E-state index contributed by atoms with van der Waals surface area (Å²) in [5, 5.41) is 5.33. The molecular weight excluding hydrogens is 668 g/mol. The van der Waals surface area contributed by atoms with Crippen LogP contribution in [0.5, 0.6) is 11.6 Å². The first-order chi connectivity index (χ1) is 23.1. The van der Waals surface area contributed by atoms with Gasteiger partial charge in [-0.25, -0.2) is 38.5 Å². The fourth-order valence-corrected chi connectivity index (χ4v) is 5.68. The minimum absolute atomic E-state index is 0.0261. The number of anilines is 2. The van der Waals surface area contributed by atoms with Crippen LogP contribution in [0.1, 0.15) is 22.8 Å². The number of carbonyl (C=O) groups excluding carboxylic acids is 2. The molecule has 0 radical (unpaired) electrons. The molecule has 0 saturated heterocycles. The number of rotatable bonds is 9. The van der Waals surface area contributed by atoms with Crippen LogP contribution in [0.15, 0.2) is 61.1 Å². The SMILES string of the molecule is COc1cnc2c(-c3nc4cc(F)c(OC(C)COC(=O)Nc5cnc(NC(=O)c6ccc(F)c(Cl)c6)nc5)cc4s3)cc(C)cc2n1. The standard InChI is InChI=1S/C32H24ClF2N7O5S/c1-15-6-19(28-24(7-15)40-27(45-3)13-36-28)30-41-23-9-22(35)25(10-26(23)48-30)47-16(2)14-46-32(44)39-18-11-37-31(38-12-18)42-29(43)17-4-5-21(34)20(33)8-17/h4-13,16H,14H2,1-3H3,(H,39,44)(H,37,38,42,43). The Kier molecular flexibility index (Phi) is 9.23. The molecule has 48 heavy (non-hydrogen) atoms. The van der Waals surface area contributed by atoms with E-state index >= 15 is 4.39 Å². The zero-order valence-corrected chi connectivity index (χ0v) is 26.9. The van der Waals surface area contributed by atoms with Gasteiger partial charge in [-0.3, -0.25) is 15.4 Å². The highest BCUT2D eigenvalue weighted by Gasteiger charge is 2.18. The second-order valence-electron chi connectivity index (χ2n) is 10.4. The Bertz CT molecular complexity index is 2190. The molecule has 0 saturated carbocycles. The van der Waals surface area contributed by atoms with Crippen LogP contribution >= 0.6 is 22.9 Å². The van der Waals surface area contributed by atoms with Gasteiger partial charge >= 0.3 is 6.09 Å². The Hall–Kier alpha value is -5.54. The Morgan fingerprint density at radius 3 is 2.50 bits per heavy atom. The number of hydrogen-bond donors (Lipinski definition) is 2. The maximum atomic E-state index is 15.0. The number of aromatic nitrogens is 5. The van der Waals surface area contributed by atoms with E-state index in [9.17, 15) is 14.0 Å². The van der Waals surface area contributed by atoms with E-state index in [0.717, 1.165) is 17.2 Å². The molecule has 0 bridgehead atoms. The Morgan fingerprint density at radius 2 is 1.75 bits per heavy atom. The summed E-state index contributed by atoms with van der Waals surface area (Å²) in [6.07, 6.45) is 2.48. The molecule has 6 rings (SSSR count). The lowest BCUT2D eigenvalue weighted by molar-refractivity contribution is 0.0969. The van der Waals surface area contributed by atoms with Gasteiger partial charge in [-0.2, -0.15) is 0 Å². The van der Waals surface area contributed by atoms with Crippen molar-refractivity contribution in [2.24, 2.45) is 0 Å². The molecule has 3 aromatic heterocycles. The molecule has 244 valence electrons. The van der Waals surface area contributed by atoms with Gasteiger partial charge < -0.3 is 14.2 Å². The molecule has 3 aromatic carbocycles. The monoisotopic (exact) mass is 691 g/mol. The minimum atomic E-state index is -0.832. The normalized spacial score (nSPS) is 11.7. The molecule has 0 spiro atoms. The number of ether oxygens (including phenoxy) is 3. The average Bonchev–Trinajstić information content (AvgIpc) is 3.47. The van der Waals surface area contributed by atoms with Crippen molar-refractivity contribution in [3.8, 4) is 22.2 Å². The predicted molar refractivity (Wildman–Crippen MR) is 176 cm³/mol. The molecule has 1 atom stereocenters. The summed E-state index contributed by atoms with van der Waals surface area (Å²) in [6.45, 7) is 3.35. The number of fused-ring (bicyclic) bond motifs is 2. The maximum absolute atomic E-state index is 15.0. The molecular formula is C32H24ClF2N7O5S. The lowest BCUT2D eigenvalue weighted by Crippen LogP contribution is -2.24. The number of hydrogen-bond acceptors (Lipinski definition) is 11. The lowest BCUT2D eigenvalue weighted by Gasteiger charge is -2.15. The van der Waals surface area contributed by atoms with Crippen molar-refractivity contribution in [1.29, 1.82) is 0 Å². The second kappa shape index (κ2) is 13.7. The summed E-state index contributed by atoms with van der Waals surface area (Å²) in [6, 6.07) is 10.2. The molecule has 0 fully saturated rings. The quantitative estimate of drug-likeness (QED) is 0.159. The summed E-state index contributed by atoms with van der Waals surface area (Å²) in [5.41, 5.74) is 3.75. The van der Waals surface area contributed by atoms with E-state index in [1.807, 2.05) is 19.1 Å². The first kappa shape index (κ1) is 32.4. The van der Waals surface area contributed by atoms with Crippen LogP contribution in [-0.2, 0) is 4.74 Å². The van der Waals surface area contributed by atoms with Gasteiger partial charge in [0.25, 0.3) is 5.91 Å². The van der Waals surface area contributed by atoms with Gasteiger partial charge in [0, 0.05) is 23.3 Å². The van der Waals surface area contributed by atoms with E-state index in [1.54, 1.807) is 13.0 Å². The van der Waals surface area contributed by atoms with Gasteiger partial charge in [-0.1, -0.05) is 11.6 Å². The molecule has 6 aromatic rings. The van der Waals surface area contributed by atoms with Crippen molar-refractivity contribution < 1.29 is 32.6 Å². The number of carbonyl (C=O) groups is 2. The summed E-state index contributed by atoms with van der Waals surface area (Å²) < 4.78 is 45.3. The van der Waals surface area contributed by atoms with Crippen LogP contribution in [0, 0.1) is 18.6 Å². The fourth-order valence-electron chi connectivity index (χ4n) is 4.51. The lowest BCUT2D eigenvalue weighted by atomic mass is 10.1.